The first-order valence-electron chi connectivity index (χ1n) is 10.3. The molecule has 5 nitrogen and oxygen atoms in total. The summed E-state index contributed by atoms with van der Waals surface area (Å²) in [6, 6.07) is 26.9. The number of hydrogen-bond donors (Lipinski definition) is 0. The summed E-state index contributed by atoms with van der Waals surface area (Å²) in [6.07, 6.45) is -0.0612. The molecule has 3 aromatic rings. The molecule has 1 saturated heterocycles. The fraction of sp³-hybridized carbons (Fsp3) is 0.231. The van der Waals surface area contributed by atoms with Gasteiger partial charge in [0.15, 0.2) is 0 Å². The maximum atomic E-state index is 13.3. The first-order chi connectivity index (χ1) is 15.1. The highest BCUT2D eigenvalue weighted by Gasteiger charge is 2.49. The SMILES string of the molecule is COc1ccc([C@H]2C(C[C@@H](OC(C)=O)c3ccccc3)C(=O)N2c2ccccc2)cc1. The van der Waals surface area contributed by atoms with Crippen molar-refractivity contribution in [1.29, 1.82) is 0 Å². The lowest BCUT2D eigenvalue weighted by Crippen LogP contribution is -2.55. The minimum atomic E-state index is -0.480. The Morgan fingerprint density at radius 2 is 1.55 bits per heavy atom. The van der Waals surface area contributed by atoms with Gasteiger partial charge in [-0.15, -0.1) is 0 Å². The van der Waals surface area contributed by atoms with Gasteiger partial charge >= 0.3 is 5.97 Å². The van der Waals surface area contributed by atoms with Crippen molar-refractivity contribution < 1.29 is 19.1 Å². The van der Waals surface area contributed by atoms with Gasteiger partial charge in [0.1, 0.15) is 11.9 Å². The quantitative estimate of drug-likeness (QED) is 0.398. The third kappa shape index (κ3) is 4.31. The summed E-state index contributed by atoms with van der Waals surface area (Å²) < 4.78 is 10.9. The van der Waals surface area contributed by atoms with E-state index in [4.69, 9.17) is 9.47 Å². The van der Waals surface area contributed by atoms with E-state index in [0.717, 1.165) is 22.6 Å². The number of anilines is 1. The Morgan fingerprint density at radius 1 is 0.935 bits per heavy atom. The fourth-order valence-electron chi connectivity index (χ4n) is 4.19. The number of rotatable bonds is 7. The van der Waals surface area contributed by atoms with Gasteiger partial charge in [-0.2, -0.15) is 0 Å². The largest absolute Gasteiger partial charge is 0.497 e. The Morgan fingerprint density at radius 3 is 2.13 bits per heavy atom. The molecule has 5 heteroatoms. The Hall–Kier alpha value is -3.60. The number of hydrogen-bond acceptors (Lipinski definition) is 4. The van der Waals surface area contributed by atoms with Gasteiger partial charge in [0.05, 0.1) is 19.1 Å². The Bertz CT molecular complexity index is 1030. The molecule has 0 spiro atoms. The van der Waals surface area contributed by atoms with Crippen molar-refractivity contribution in [3.8, 4) is 5.75 Å². The van der Waals surface area contributed by atoms with E-state index in [9.17, 15) is 9.59 Å². The highest BCUT2D eigenvalue weighted by atomic mass is 16.5. The molecule has 0 aromatic heterocycles. The standard InChI is InChI=1S/C26H25NO4/c1-18(28)31-24(19-9-5-3-6-10-19)17-23-25(20-13-15-22(30-2)16-14-20)27(26(23)29)21-11-7-4-8-12-21/h3-16,23-25H,17H2,1-2H3/t23?,24-,25+/m1/s1. The van der Waals surface area contributed by atoms with Crippen LogP contribution in [0.4, 0.5) is 5.69 Å². The van der Waals surface area contributed by atoms with Gasteiger partial charge in [0.2, 0.25) is 5.91 Å². The van der Waals surface area contributed by atoms with Crippen molar-refractivity contribution >= 4 is 17.6 Å². The minimum absolute atomic E-state index is 0.0279. The van der Waals surface area contributed by atoms with Gasteiger partial charge < -0.3 is 14.4 Å². The lowest BCUT2D eigenvalue weighted by atomic mass is 9.77. The average molecular weight is 415 g/mol. The first-order valence-corrected chi connectivity index (χ1v) is 10.3. The van der Waals surface area contributed by atoms with E-state index in [1.54, 1.807) is 7.11 Å². The zero-order valence-corrected chi connectivity index (χ0v) is 17.6. The molecule has 1 aliphatic heterocycles. The predicted octanol–water partition coefficient (Wildman–Crippen LogP) is 5.09. The molecule has 0 N–H and O–H groups in total. The number of esters is 1. The number of methoxy groups -OCH3 is 1. The van der Waals surface area contributed by atoms with E-state index < -0.39 is 6.10 Å². The summed E-state index contributed by atoms with van der Waals surface area (Å²) in [5.41, 5.74) is 2.76. The molecule has 158 valence electrons. The number of carbonyl (C=O) groups excluding carboxylic acids is 2. The highest BCUT2D eigenvalue weighted by molar-refractivity contribution is 6.03. The highest BCUT2D eigenvalue weighted by Crippen LogP contribution is 2.47. The van der Waals surface area contributed by atoms with Gasteiger partial charge in [-0.25, -0.2) is 0 Å². The van der Waals surface area contributed by atoms with Gasteiger partial charge in [0, 0.05) is 19.0 Å². The second kappa shape index (κ2) is 9.04. The third-order valence-corrected chi connectivity index (χ3v) is 5.65. The zero-order chi connectivity index (χ0) is 21.8. The Labute approximate surface area is 182 Å². The number of benzene rings is 3. The van der Waals surface area contributed by atoms with Crippen LogP contribution in [0.25, 0.3) is 0 Å². The Kier molecular flexibility index (Phi) is 6.03. The van der Waals surface area contributed by atoms with E-state index >= 15 is 0 Å². The van der Waals surface area contributed by atoms with E-state index in [1.807, 2.05) is 89.8 Å². The number of ether oxygens (including phenoxy) is 2. The molecular formula is C26H25NO4. The summed E-state index contributed by atoms with van der Waals surface area (Å²) >= 11 is 0. The summed E-state index contributed by atoms with van der Waals surface area (Å²) in [7, 11) is 1.63. The van der Waals surface area contributed by atoms with Crippen molar-refractivity contribution in [2.24, 2.45) is 5.92 Å². The molecule has 0 saturated carbocycles. The number of para-hydroxylation sites is 1. The van der Waals surface area contributed by atoms with Crippen LogP contribution in [0.3, 0.4) is 0 Å². The van der Waals surface area contributed by atoms with E-state index in [1.165, 1.54) is 6.92 Å². The predicted molar refractivity (Wildman–Crippen MR) is 119 cm³/mol. The van der Waals surface area contributed by atoms with Crippen LogP contribution < -0.4 is 9.64 Å². The summed E-state index contributed by atoms with van der Waals surface area (Å²) in [6.45, 7) is 1.40. The maximum Gasteiger partial charge on any atom is 0.303 e. The topological polar surface area (TPSA) is 55.8 Å². The van der Waals surface area contributed by atoms with Crippen LogP contribution in [-0.2, 0) is 14.3 Å². The number of β-lactam (4-membered cyclic amide) rings is 1. The second-order valence-corrected chi connectivity index (χ2v) is 7.61. The lowest BCUT2D eigenvalue weighted by molar-refractivity contribution is -0.150. The molecule has 4 rings (SSSR count). The van der Waals surface area contributed by atoms with Crippen LogP contribution in [0.2, 0.25) is 0 Å². The van der Waals surface area contributed by atoms with E-state index in [0.29, 0.717) is 6.42 Å². The van der Waals surface area contributed by atoms with Crippen LogP contribution in [0.15, 0.2) is 84.9 Å². The summed E-state index contributed by atoms with van der Waals surface area (Å²) in [5.74, 6) is 0.124. The monoisotopic (exact) mass is 415 g/mol. The average Bonchev–Trinajstić information content (AvgIpc) is 2.81. The van der Waals surface area contributed by atoms with Crippen molar-refractivity contribution in [3.63, 3.8) is 0 Å². The molecule has 1 heterocycles. The molecule has 0 bridgehead atoms. The maximum absolute atomic E-state index is 13.3. The van der Waals surface area contributed by atoms with Crippen LogP contribution in [0.5, 0.6) is 5.75 Å². The van der Waals surface area contributed by atoms with Crippen molar-refractivity contribution in [1.82, 2.24) is 0 Å². The molecule has 3 atom stereocenters. The van der Waals surface area contributed by atoms with Crippen LogP contribution >= 0.6 is 0 Å². The lowest BCUT2D eigenvalue weighted by Gasteiger charge is -2.48. The normalized spacial score (nSPS) is 18.8. The molecule has 3 aromatic carbocycles. The zero-order valence-electron chi connectivity index (χ0n) is 17.6. The minimum Gasteiger partial charge on any atom is -0.497 e. The van der Waals surface area contributed by atoms with Crippen LogP contribution in [0.1, 0.15) is 36.6 Å². The summed E-state index contributed by atoms with van der Waals surface area (Å²) in [5, 5.41) is 0. The van der Waals surface area contributed by atoms with Gasteiger partial charge in [-0.1, -0.05) is 60.7 Å². The first kappa shape index (κ1) is 20.7. The number of carbonyl (C=O) groups is 2. The number of nitrogens with zero attached hydrogens (tertiary/aromatic N) is 1. The molecule has 1 fully saturated rings. The van der Waals surface area contributed by atoms with Crippen molar-refractivity contribution in [2.75, 3.05) is 12.0 Å². The van der Waals surface area contributed by atoms with Gasteiger partial charge in [-0.3, -0.25) is 9.59 Å². The molecule has 1 unspecified atom stereocenters. The third-order valence-electron chi connectivity index (χ3n) is 5.65. The molecular weight excluding hydrogens is 390 g/mol. The van der Waals surface area contributed by atoms with E-state index in [2.05, 4.69) is 0 Å². The molecule has 31 heavy (non-hydrogen) atoms. The number of amides is 1. The van der Waals surface area contributed by atoms with Crippen molar-refractivity contribution in [2.45, 2.75) is 25.5 Å². The van der Waals surface area contributed by atoms with Crippen LogP contribution in [-0.4, -0.2) is 19.0 Å². The van der Waals surface area contributed by atoms with Gasteiger partial charge in [0.25, 0.3) is 0 Å². The molecule has 0 radical (unpaired) electrons. The van der Waals surface area contributed by atoms with Crippen molar-refractivity contribution in [3.05, 3.63) is 96.1 Å². The molecule has 0 aliphatic carbocycles. The summed E-state index contributed by atoms with van der Waals surface area (Å²) in [4.78, 5) is 26.9. The van der Waals surface area contributed by atoms with Crippen LogP contribution in [0, 0.1) is 5.92 Å². The Balaban J connectivity index is 1.67. The fourth-order valence-corrected chi connectivity index (χ4v) is 4.19. The molecule has 1 amide bonds. The second-order valence-electron chi connectivity index (χ2n) is 7.61. The smallest absolute Gasteiger partial charge is 0.303 e. The van der Waals surface area contributed by atoms with E-state index in [-0.39, 0.29) is 23.8 Å². The molecule has 1 aliphatic rings. The van der Waals surface area contributed by atoms with Gasteiger partial charge in [-0.05, 0) is 35.4 Å².